The van der Waals surface area contributed by atoms with Crippen LogP contribution in [0.25, 0.3) is 6.08 Å². The zero-order valence-electron chi connectivity index (χ0n) is 9.44. The minimum Gasteiger partial charge on any atom is -0.387 e. The van der Waals surface area contributed by atoms with E-state index in [0.29, 0.717) is 0 Å². The molecule has 0 aliphatic rings. The summed E-state index contributed by atoms with van der Waals surface area (Å²) in [5.74, 6) is 0. The molecular weight excluding hydrogens is 230 g/mol. The Morgan fingerprint density at radius 3 is 2.35 bits per heavy atom. The SMILES string of the molecule is Clc1ccc(/C=C/NCc2ccccc2)cc1. The summed E-state index contributed by atoms with van der Waals surface area (Å²) in [4.78, 5) is 0. The highest BCUT2D eigenvalue weighted by Gasteiger charge is 1.88. The maximum absolute atomic E-state index is 5.81. The van der Waals surface area contributed by atoms with Gasteiger partial charge in [-0.15, -0.1) is 0 Å². The fourth-order valence-corrected chi connectivity index (χ4v) is 1.63. The van der Waals surface area contributed by atoms with E-state index in [-0.39, 0.29) is 0 Å². The number of nitrogens with one attached hydrogen (secondary N) is 1. The molecule has 0 amide bonds. The van der Waals surface area contributed by atoms with E-state index in [0.717, 1.165) is 17.1 Å². The molecule has 0 atom stereocenters. The molecule has 0 aliphatic carbocycles. The Bertz CT molecular complexity index is 474. The van der Waals surface area contributed by atoms with E-state index in [1.807, 2.05) is 54.7 Å². The van der Waals surface area contributed by atoms with E-state index in [4.69, 9.17) is 11.6 Å². The van der Waals surface area contributed by atoms with Crippen LogP contribution in [0.3, 0.4) is 0 Å². The fourth-order valence-electron chi connectivity index (χ4n) is 1.50. The van der Waals surface area contributed by atoms with Gasteiger partial charge in [0.2, 0.25) is 0 Å². The van der Waals surface area contributed by atoms with Gasteiger partial charge >= 0.3 is 0 Å². The third kappa shape index (κ3) is 3.97. The van der Waals surface area contributed by atoms with Crippen LogP contribution in [0.1, 0.15) is 11.1 Å². The van der Waals surface area contributed by atoms with E-state index < -0.39 is 0 Å². The van der Waals surface area contributed by atoms with Crippen molar-refractivity contribution in [2.24, 2.45) is 0 Å². The molecule has 0 heterocycles. The van der Waals surface area contributed by atoms with E-state index >= 15 is 0 Å². The van der Waals surface area contributed by atoms with Gasteiger partial charge in [0.15, 0.2) is 0 Å². The van der Waals surface area contributed by atoms with Gasteiger partial charge in [0.1, 0.15) is 0 Å². The predicted octanol–water partition coefficient (Wildman–Crippen LogP) is 4.10. The molecule has 2 aromatic carbocycles. The summed E-state index contributed by atoms with van der Waals surface area (Å²) in [6.07, 6.45) is 3.98. The van der Waals surface area contributed by atoms with Crippen LogP contribution in [0, 0.1) is 0 Å². The molecule has 1 N–H and O–H groups in total. The molecular formula is C15H14ClN. The minimum atomic E-state index is 0.763. The molecule has 0 aliphatic heterocycles. The Hall–Kier alpha value is -1.73. The highest BCUT2D eigenvalue weighted by atomic mass is 35.5. The molecule has 0 aromatic heterocycles. The van der Waals surface area contributed by atoms with Crippen LogP contribution in [-0.4, -0.2) is 0 Å². The van der Waals surface area contributed by atoms with Crippen LogP contribution in [0.2, 0.25) is 5.02 Å². The largest absolute Gasteiger partial charge is 0.387 e. The summed E-state index contributed by atoms with van der Waals surface area (Å²) in [5.41, 5.74) is 2.41. The molecule has 0 saturated carbocycles. The van der Waals surface area contributed by atoms with Crippen LogP contribution < -0.4 is 5.32 Å². The molecule has 86 valence electrons. The zero-order chi connectivity index (χ0) is 11.9. The Morgan fingerprint density at radius 1 is 0.941 bits per heavy atom. The molecule has 0 spiro atoms. The van der Waals surface area contributed by atoms with Gasteiger partial charge in [-0.3, -0.25) is 0 Å². The minimum absolute atomic E-state index is 0.763. The lowest BCUT2D eigenvalue weighted by Gasteiger charge is -2.00. The molecule has 17 heavy (non-hydrogen) atoms. The molecule has 2 heteroatoms. The average Bonchev–Trinajstić information content (AvgIpc) is 2.38. The third-order valence-electron chi connectivity index (χ3n) is 2.41. The zero-order valence-corrected chi connectivity index (χ0v) is 10.2. The first-order valence-electron chi connectivity index (χ1n) is 5.54. The highest BCUT2D eigenvalue weighted by molar-refractivity contribution is 6.30. The Balaban J connectivity index is 1.84. The van der Waals surface area contributed by atoms with Gasteiger partial charge in [-0.05, 0) is 35.5 Å². The number of rotatable bonds is 4. The number of hydrogen-bond acceptors (Lipinski definition) is 1. The second kappa shape index (κ2) is 6.12. The number of benzene rings is 2. The van der Waals surface area contributed by atoms with E-state index in [9.17, 15) is 0 Å². The molecule has 0 bridgehead atoms. The average molecular weight is 244 g/mol. The first kappa shape index (κ1) is 11.7. The normalized spacial score (nSPS) is 10.6. The highest BCUT2D eigenvalue weighted by Crippen LogP contribution is 2.10. The first-order valence-corrected chi connectivity index (χ1v) is 5.92. The lowest BCUT2D eigenvalue weighted by atomic mass is 10.2. The van der Waals surface area contributed by atoms with Crippen molar-refractivity contribution in [3.05, 3.63) is 76.9 Å². The van der Waals surface area contributed by atoms with Crippen molar-refractivity contribution in [1.29, 1.82) is 0 Å². The van der Waals surface area contributed by atoms with Gasteiger partial charge in [-0.25, -0.2) is 0 Å². The fraction of sp³-hybridized carbons (Fsp3) is 0.0667. The van der Waals surface area contributed by atoms with Crippen LogP contribution in [0.4, 0.5) is 0 Å². The lowest BCUT2D eigenvalue weighted by molar-refractivity contribution is 0.874. The van der Waals surface area contributed by atoms with Crippen molar-refractivity contribution in [1.82, 2.24) is 5.32 Å². The topological polar surface area (TPSA) is 12.0 Å². The summed E-state index contributed by atoms with van der Waals surface area (Å²) < 4.78 is 0. The second-order valence-electron chi connectivity index (χ2n) is 3.75. The van der Waals surface area contributed by atoms with Crippen LogP contribution in [0.5, 0.6) is 0 Å². The van der Waals surface area contributed by atoms with Crippen molar-refractivity contribution in [3.8, 4) is 0 Å². The van der Waals surface area contributed by atoms with Gasteiger partial charge in [0.05, 0.1) is 0 Å². The van der Waals surface area contributed by atoms with E-state index in [1.165, 1.54) is 5.56 Å². The van der Waals surface area contributed by atoms with Crippen LogP contribution in [0.15, 0.2) is 60.8 Å². The summed E-state index contributed by atoms with van der Waals surface area (Å²) >= 11 is 5.81. The van der Waals surface area contributed by atoms with Crippen molar-refractivity contribution in [3.63, 3.8) is 0 Å². The molecule has 2 rings (SSSR count). The first-order chi connectivity index (χ1) is 8.34. The summed E-state index contributed by atoms with van der Waals surface area (Å²) in [6.45, 7) is 0.838. The van der Waals surface area contributed by atoms with Crippen molar-refractivity contribution in [2.75, 3.05) is 0 Å². The van der Waals surface area contributed by atoms with Gasteiger partial charge in [0.25, 0.3) is 0 Å². The maximum atomic E-state index is 5.81. The second-order valence-corrected chi connectivity index (χ2v) is 4.19. The lowest BCUT2D eigenvalue weighted by Crippen LogP contribution is -2.03. The van der Waals surface area contributed by atoms with Crippen LogP contribution in [-0.2, 0) is 6.54 Å². The van der Waals surface area contributed by atoms with Crippen molar-refractivity contribution < 1.29 is 0 Å². The number of halogens is 1. The van der Waals surface area contributed by atoms with Crippen LogP contribution >= 0.6 is 11.6 Å². The summed E-state index contributed by atoms with van der Waals surface area (Å²) in [5, 5.41) is 4.01. The van der Waals surface area contributed by atoms with Gasteiger partial charge < -0.3 is 5.32 Å². The van der Waals surface area contributed by atoms with Crippen molar-refractivity contribution in [2.45, 2.75) is 6.54 Å². The summed E-state index contributed by atoms with van der Waals surface area (Å²) in [6, 6.07) is 18.1. The molecule has 2 aromatic rings. The molecule has 1 nitrogen and oxygen atoms in total. The molecule has 0 fully saturated rings. The number of hydrogen-bond donors (Lipinski definition) is 1. The Morgan fingerprint density at radius 2 is 1.65 bits per heavy atom. The van der Waals surface area contributed by atoms with Gasteiger partial charge in [-0.2, -0.15) is 0 Å². The van der Waals surface area contributed by atoms with E-state index in [1.54, 1.807) is 0 Å². The monoisotopic (exact) mass is 243 g/mol. The standard InChI is InChI=1S/C15H14ClN/c16-15-8-6-13(7-9-15)10-11-17-12-14-4-2-1-3-5-14/h1-11,17H,12H2/b11-10+. The smallest absolute Gasteiger partial charge is 0.0406 e. The maximum Gasteiger partial charge on any atom is 0.0406 e. The van der Waals surface area contributed by atoms with Gasteiger partial charge in [-0.1, -0.05) is 54.1 Å². The quantitative estimate of drug-likeness (QED) is 0.853. The molecule has 0 radical (unpaired) electrons. The Kier molecular flexibility index (Phi) is 4.23. The van der Waals surface area contributed by atoms with E-state index in [2.05, 4.69) is 17.4 Å². The van der Waals surface area contributed by atoms with Crippen molar-refractivity contribution >= 4 is 17.7 Å². The van der Waals surface area contributed by atoms with Gasteiger partial charge in [0, 0.05) is 11.6 Å². The Labute approximate surface area is 107 Å². The predicted molar refractivity (Wildman–Crippen MR) is 73.8 cm³/mol. The molecule has 0 saturated heterocycles. The third-order valence-corrected chi connectivity index (χ3v) is 2.66. The molecule has 0 unspecified atom stereocenters. The summed E-state index contributed by atoms with van der Waals surface area (Å²) in [7, 11) is 0.